The molecule has 0 bridgehead atoms. The van der Waals surface area contributed by atoms with Gasteiger partial charge >= 0.3 is 0 Å². The molecule has 152 valence electrons. The molecular weight excluding hydrogens is 382 g/mol. The van der Waals surface area contributed by atoms with Gasteiger partial charge in [-0.15, -0.1) is 20.4 Å². The molecule has 2 aromatic heterocycles. The molecule has 0 atom stereocenters. The first-order valence-electron chi connectivity index (χ1n) is 9.80. The molecule has 5 rings (SSSR count). The van der Waals surface area contributed by atoms with Crippen LogP contribution in [0.15, 0.2) is 46.9 Å². The number of anilines is 1. The lowest BCUT2D eigenvalue weighted by Gasteiger charge is -2.12. The SMILES string of the molecule is COc1cc(CNc2nnc(-c3nnc(C4CC4)o3)c3ccccc23)cc(OC)c1. The quantitative estimate of drug-likeness (QED) is 0.491. The van der Waals surface area contributed by atoms with E-state index in [1.807, 2.05) is 42.5 Å². The average molecular weight is 403 g/mol. The Hall–Kier alpha value is -3.68. The Kier molecular flexibility index (Phi) is 4.66. The van der Waals surface area contributed by atoms with Crippen LogP contribution in [0.4, 0.5) is 5.82 Å². The maximum atomic E-state index is 5.85. The van der Waals surface area contributed by atoms with Crippen LogP contribution in [0.2, 0.25) is 0 Å². The van der Waals surface area contributed by atoms with Gasteiger partial charge in [0.25, 0.3) is 5.89 Å². The lowest BCUT2D eigenvalue weighted by atomic mass is 10.1. The molecule has 0 unspecified atom stereocenters. The minimum atomic E-state index is 0.395. The van der Waals surface area contributed by atoms with E-state index in [1.165, 1.54) is 0 Å². The van der Waals surface area contributed by atoms with Gasteiger partial charge in [0.1, 0.15) is 11.5 Å². The molecule has 1 fully saturated rings. The van der Waals surface area contributed by atoms with E-state index in [0.29, 0.717) is 35.8 Å². The minimum Gasteiger partial charge on any atom is -0.497 e. The lowest BCUT2D eigenvalue weighted by Crippen LogP contribution is -2.05. The summed E-state index contributed by atoms with van der Waals surface area (Å²) in [6.45, 7) is 0.540. The number of fused-ring (bicyclic) bond motifs is 1. The molecule has 1 aliphatic carbocycles. The van der Waals surface area contributed by atoms with E-state index >= 15 is 0 Å². The summed E-state index contributed by atoms with van der Waals surface area (Å²) in [7, 11) is 3.27. The Morgan fingerprint density at radius 2 is 1.67 bits per heavy atom. The summed E-state index contributed by atoms with van der Waals surface area (Å²) in [5.41, 5.74) is 1.60. The molecule has 4 aromatic rings. The second-order valence-corrected chi connectivity index (χ2v) is 7.24. The zero-order valence-electron chi connectivity index (χ0n) is 16.8. The van der Waals surface area contributed by atoms with E-state index in [1.54, 1.807) is 14.2 Å². The van der Waals surface area contributed by atoms with Gasteiger partial charge in [0.2, 0.25) is 5.89 Å². The van der Waals surface area contributed by atoms with Crippen LogP contribution in [-0.2, 0) is 6.54 Å². The van der Waals surface area contributed by atoms with E-state index in [0.717, 1.165) is 40.7 Å². The van der Waals surface area contributed by atoms with Gasteiger partial charge in [0.05, 0.1) is 14.2 Å². The Morgan fingerprint density at radius 1 is 0.933 bits per heavy atom. The van der Waals surface area contributed by atoms with Crippen molar-refractivity contribution in [2.45, 2.75) is 25.3 Å². The summed E-state index contributed by atoms with van der Waals surface area (Å²) in [4.78, 5) is 0. The Bertz CT molecular complexity index is 1180. The smallest absolute Gasteiger partial charge is 0.268 e. The third kappa shape index (κ3) is 3.52. The molecule has 8 nitrogen and oxygen atoms in total. The van der Waals surface area contributed by atoms with Gasteiger partial charge < -0.3 is 19.2 Å². The summed E-state index contributed by atoms with van der Waals surface area (Å²) in [5, 5.41) is 22.4. The molecule has 0 saturated heterocycles. The average Bonchev–Trinajstić information content (AvgIpc) is 3.54. The number of aromatic nitrogens is 4. The van der Waals surface area contributed by atoms with Gasteiger partial charge in [0.15, 0.2) is 11.5 Å². The van der Waals surface area contributed by atoms with Crippen LogP contribution in [-0.4, -0.2) is 34.6 Å². The van der Waals surface area contributed by atoms with Crippen molar-refractivity contribution in [3.05, 3.63) is 53.9 Å². The van der Waals surface area contributed by atoms with Crippen molar-refractivity contribution in [2.75, 3.05) is 19.5 Å². The van der Waals surface area contributed by atoms with Crippen LogP contribution in [0, 0.1) is 0 Å². The number of ether oxygens (including phenoxy) is 2. The van der Waals surface area contributed by atoms with Crippen LogP contribution in [0.3, 0.4) is 0 Å². The Labute approximate surface area is 173 Å². The van der Waals surface area contributed by atoms with Crippen LogP contribution in [0.5, 0.6) is 11.5 Å². The maximum Gasteiger partial charge on any atom is 0.268 e. The fourth-order valence-electron chi connectivity index (χ4n) is 3.37. The fourth-order valence-corrected chi connectivity index (χ4v) is 3.37. The number of nitrogens with one attached hydrogen (secondary N) is 1. The molecule has 30 heavy (non-hydrogen) atoms. The van der Waals surface area contributed by atoms with Crippen molar-refractivity contribution in [1.29, 1.82) is 0 Å². The number of hydrogen-bond acceptors (Lipinski definition) is 8. The molecule has 2 aromatic carbocycles. The van der Waals surface area contributed by atoms with Crippen molar-refractivity contribution in [3.8, 4) is 23.1 Å². The largest absolute Gasteiger partial charge is 0.497 e. The number of nitrogens with zero attached hydrogens (tertiary/aromatic N) is 4. The van der Waals surface area contributed by atoms with Crippen molar-refractivity contribution >= 4 is 16.6 Å². The van der Waals surface area contributed by atoms with Crippen LogP contribution < -0.4 is 14.8 Å². The van der Waals surface area contributed by atoms with Crippen molar-refractivity contribution in [1.82, 2.24) is 20.4 Å². The first kappa shape index (κ1) is 18.4. The second-order valence-electron chi connectivity index (χ2n) is 7.24. The third-order valence-corrected chi connectivity index (χ3v) is 5.13. The topological polar surface area (TPSA) is 95.2 Å². The number of benzene rings is 2. The molecule has 1 N–H and O–H groups in total. The molecule has 0 amide bonds. The summed E-state index contributed by atoms with van der Waals surface area (Å²) in [6, 6.07) is 13.7. The van der Waals surface area contributed by atoms with E-state index < -0.39 is 0 Å². The summed E-state index contributed by atoms with van der Waals surface area (Å²) in [6.07, 6.45) is 2.21. The van der Waals surface area contributed by atoms with Crippen molar-refractivity contribution in [3.63, 3.8) is 0 Å². The Morgan fingerprint density at radius 3 is 2.37 bits per heavy atom. The third-order valence-electron chi connectivity index (χ3n) is 5.13. The maximum absolute atomic E-state index is 5.85. The van der Waals surface area contributed by atoms with Gasteiger partial charge in [-0.1, -0.05) is 24.3 Å². The molecule has 0 spiro atoms. The van der Waals surface area contributed by atoms with Gasteiger partial charge in [-0.25, -0.2) is 0 Å². The predicted molar refractivity (Wildman–Crippen MR) is 112 cm³/mol. The molecule has 0 aliphatic heterocycles. The highest BCUT2D eigenvalue weighted by molar-refractivity contribution is 5.98. The summed E-state index contributed by atoms with van der Waals surface area (Å²) < 4.78 is 16.5. The van der Waals surface area contributed by atoms with Gasteiger partial charge in [-0.05, 0) is 30.5 Å². The van der Waals surface area contributed by atoms with E-state index in [-0.39, 0.29) is 0 Å². The zero-order chi connectivity index (χ0) is 20.5. The fraction of sp³-hybridized carbons (Fsp3) is 0.273. The number of methoxy groups -OCH3 is 2. The van der Waals surface area contributed by atoms with Crippen molar-refractivity contribution < 1.29 is 13.9 Å². The van der Waals surface area contributed by atoms with Crippen LogP contribution in [0.25, 0.3) is 22.4 Å². The highest BCUT2D eigenvalue weighted by Crippen LogP contribution is 2.40. The number of hydrogen-bond donors (Lipinski definition) is 1. The van der Waals surface area contributed by atoms with Gasteiger partial charge in [0, 0.05) is 29.3 Å². The van der Waals surface area contributed by atoms with Crippen LogP contribution >= 0.6 is 0 Å². The molecule has 8 heteroatoms. The summed E-state index contributed by atoms with van der Waals surface area (Å²) >= 11 is 0. The Balaban J connectivity index is 1.46. The molecular formula is C22H21N5O3. The molecule has 2 heterocycles. The monoisotopic (exact) mass is 403 g/mol. The normalized spacial score (nSPS) is 13.4. The second kappa shape index (κ2) is 7.62. The highest BCUT2D eigenvalue weighted by atomic mass is 16.5. The van der Waals surface area contributed by atoms with E-state index in [4.69, 9.17) is 13.9 Å². The molecule has 0 radical (unpaired) electrons. The molecule has 1 aliphatic rings. The minimum absolute atomic E-state index is 0.395. The number of rotatable bonds is 7. The van der Waals surface area contributed by atoms with Crippen LogP contribution in [0.1, 0.15) is 30.2 Å². The van der Waals surface area contributed by atoms with Gasteiger partial charge in [-0.2, -0.15) is 0 Å². The van der Waals surface area contributed by atoms with E-state index in [2.05, 4.69) is 25.7 Å². The lowest BCUT2D eigenvalue weighted by molar-refractivity contribution is 0.393. The van der Waals surface area contributed by atoms with Gasteiger partial charge in [-0.3, -0.25) is 0 Å². The summed E-state index contributed by atoms with van der Waals surface area (Å²) in [5.74, 6) is 3.64. The first-order valence-corrected chi connectivity index (χ1v) is 9.80. The predicted octanol–water partition coefficient (Wildman–Crippen LogP) is 4.19. The van der Waals surface area contributed by atoms with E-state index in [9.17, 15) is 0 Å². The first-order chi connectivity index (χ1) is 14.7. The standard InChI is InChI=1S/C22H21N5O3/c1-28-15-9-13(10-16(11-15)29-2)12-23-20-18-6-4-3-5-17(18)19(24-25-20)22-27-26-21(30-22)14-7-8-14/h3-6,9-11,14H,7-8,12H2,1-2H3,(H,23,25). The zero-order valence-corrected chi connectivity index (χ0v) is 16.8. The molecule has 1 saturated carbocycles. The highest BCUT2D eigenvalue weighted by Gasteiger charge is 2.30. The van der Waals surface area contributed by atoms with Crippen molar-refractivity contribution in [2.24, 2.45) is 0 Å².